The third-order valence-electron chi connectivity index (χ3n) is 3.38. The van der Waals surface area contributed by atoms with Gasteiger partial charge in [0.2, 0.25) is 0 Å². The molecule has 0 aromatic heterocycles. The number of hydrogen-bond donors (Lipinski definition) is 1. The second kappa shape index (κ2) is 8.77. The molecule has 0 aliphatic carbocycles. The van der Waals surface area contributed by atoms with Crippen LogP contribution in [0.2, 0.25) is 0 Å². The molecular weight excluding hydrogens is 187 g/mol. The third-order valence-corrected chi connectivity index (χ3v) is 3.38. The summed E-state index contributed by atoms with van der Waals surface area (Å²) in [6, 6.07) is 0. The Balaban J connectivity index is 0. The largest absolute Gasteiger partial charge is 0.390 e. The molecule has 1 N–H and O–H groups in total. The highest BCUT2D eigenvalue weighted by molar-refractivity contribution is 5.75. The molecule has 0 bridgehead atoms. The van der Waals surface area contributed by atoms with Gasteiger partial charge in [0.15, 0.2) is 17.4 Å². The monoisotopic (exact) mass is 216 g/mol. The van der Waals surface area contributed by atoms with Crippen molar-refractivity contribution in [1.29, 1.82) is 0 Å². The summed E-state index contributed by atoms with van der Waals surface area (Å²) in [5.41, 5.74) is -0.399. The second-order valence-corrected chi connectivity index (χ2v) is 4.06. The molecule has 0 aliphatic heterocycles. The van der Waals surface area contributed by atoms with E-state index in [4.69, 9.17) is 0 Å². The maximum atomic E-state index is 10.3. The molecule has 1 atom stereocenters. The summed E-state index contributed by atoms with van der Waals surface area (Å²) in [6.45, 7) is 8.59. The summed E-state index contributed by atoms with van der Waals surface area (Å²) in [5, 5.41) is 10.3. The third kappa shape index (κ3) is 4.82. The Morgan fingerprint density at radius 3 is 1.86 bits per heavy atom. The molecule has 0 saturated heterocycles. The minimum atomic E-state index is -0.399. The predicted molar refractivity (Wildman–Crippen MR) is 68.8 cm³/mol. The molecule has 0 fully saturated rings. The molecule has 0 amide bonds. The first kappa shape index (κ1) is 16.9. The zero-order valence-corrected chi connectivity index (χ0v) is 9.77. The van der Waals surface area contributed by atoms with Crippen molar-refractivity contribution < 1.29 is 5.11 Å². The lowest BCUT2D eigenvalue weighted by Crippen LogP contribution is -2.36. The zero-order chi connectivity index (χ0) is 10.3. The van der Waals surface area contributed by atoms with Gasteiger partial charge in [0.25, 0.3) is 0 Å². The van der Waals surface area contributed by atoms with Crippen molar-refractivity contribution in [3.05, 3.63) is 0 Å². The minimum Gasteiger partial charge on any atom is -0.390 e. The van der Waals surface area contributed by atoms with Crippen LogP contribution in [-0.4, -0.2) is 28.1 Å². The maximum absolute atomic E-state index is 10.3. The SMILES string of the molecule is CCCCC(CC)C(O)(CC)CC.[AlH3]. The average molecular weight is 216 g/mol. The van der Waals surface area contributed by atoms with E-state index >= 15 is 0 Å². The van der Waals surface area contributed by atoms with Crippen LogP contribution in [-0.2, 0) is 0 Å². The number of rotatable bonds is 7. The van der Waals surface area contributed by atoms with E-state index in [1.54, 1.807) is 0 Å². The summed E-state index contributed by atoms with van der Waals surface area (Å²) in [4.78, 5) is 0. The quantitative estimate of drug-likeness (QED) is 0.648. The van der Waals surface area contributed by atoms with Gasteiger partial charge in [-0.05, 0) is 25.2 Å². The van der Waals surface area contributed by atoms with Gasteiger partial charge in [-0.15, -0.1) is 0 Å². The molecule has 0 radical (unpaired) electrons. The molecule has 0 rings (SSSR count). The molecule has 0 aliphatic rings. The van der Waals surface area contributed by atoms with Gasteiger partial charge >= 0.3 is 0 Å². The van der Waals surface area contributed by atoms with Gasteiger partial charge in [-0.25, -0.2) is 0 Å². The summed E-state index contributed by atoms with van der Waals surface area (Å²) in [5.74, 6) is 0.502. The van der Waals surface area contributed by atoms with Crippen molar-refractivity contribution >= 4 is 17.4 Å². The fraction of sp³-hybridized carbons (Fsp3) is 1.00. The van der Waals surface area contributed by atoms with Gasteiger partial charge in [0.1, 0.15) is 0 Å². The molecule has 0 aromatic carbocycles. The summed E-state index contributed by atoms with van der Waals surface area (Å²) >= 11 is 0. The fourth-order valence-electron chi connectivity index (χ4n) is 2.13. The number of unbranched alkanes of at least 4 members (excludes halogenated alkanes) is 1. The first-order valence-electron chi connectivity index (χ1n) is 5.86. The van der Waals surface area contributed by atoms with Crippen molar-refractivity contribution in [2.75, 3.05) is 0 Å². The molecule has 0 saturated carbocycles. The van der Waals surface area contributed by atoms with Crippen LogP contribution in [0.1, 0.15) is 66.2 Å². The second-order valence-electron chi connectivity index (χ2n) is 4.06. The van der Waals surface area contributed by atoms with E-state index in [0.29, 0.717) is 5.92 Å². The Labute approximate surface area is 100 Å². The van der Waals surface area contributed by atoms with Crippen molar-refractivity contribution in [3.8, 4) is 0 Å². The highest BCUT2D eigenvalue weighted by atomic mass is 27.0. The first-order valence-corrected chi connectivity index (χ1v) is 5.86. The Kier molecular flexibility index (Phi) is 10.6. The van der Waals surface area contributed by atoms with Crippen LogP contribution in [0.3, 0.4) is 0 Å². The molecule has 86 valence electrons. The molecule has 0 spiro atoms. The van der Waals surface area contributed by atoms with E-state index in [2.05, 4.69) is 27.7 Å². The van der Waals surface area contributed by atoms with Gasteiger partial charge in [-0.2, -0.15) is 0 Å². The van der Waals surface area contributed by atoms with E-state index in [9.17, 15) is 5.11 Å². The highest BCUT2D eigenvalue weighted by Gasteiger charge is 2.30. The van der Waals surface area contributed by atoms with Crippen LogP contribution < -0.4 is 0 Å². The van der Waals surface area contributed by atoms with Gasteiger partial charge in [0.05, 0.1) is 5.60 Å². The summed E-state index contributed by atoms with van der Waals surface area (Å²) in [7, 11) is 0. The molecular formula is C12H29AlO. The molecule has 0 heterocycles. The van der Waals surface area contributed by atoms with Gasteiger partial charge in [-0.1, -0.05) is 47.0 Å². The smallest absolute Gasteiger partial charge is 0.187 e. The Morgan fingerprint density at radius 2 is 1.57 bits per heavy atom. The lowest BCUT2D eigenvalue weighted by Gasteiger charge is -2.34. The summed E-state index contributed by atoms with van der Waals surface area (Å²) in [6.07, 6.45) is 6.57. The fourth-order valence-corrected chi connectivity index (χ4v) is 2.13. The Morgan fingerprint density at radius 1 is 1.07 bits per heavy atom. The van der Waals surface area contributed by atoms with Gasteiger partial charge < -0.3 is 5.11 Å². The molecule has 0 aromatic rings. The normalized spacial score (nSPS) is 13.5. The maximum Gasteiger partial charge on any atom is 0.187 e. The zero-order valence-electron chi connectivity index (χ0n) is 9.77. The van der Waals surface area contributed by atoms with Gasteiger partial charge in [0, 0.05) is 0 Å². The molecule has 1 nitrogen and oxygen atoms in total. The van der Waals surface area contributed by atoms with E-state index < -0.39 is 5.60 Å². The molecule has 1 unspecified atom stereocenters. The van der Waals surface area contributed by atoms with Crippen molar-refractivity contribution in [1.82, 2.24) is 0 Å². The van der Waals surface area contributed by atoms with Crippen LogP contribution in [0.25, 0.3) is 0 Å². The first-order chi connectivity index (χ1) is 6.14. The number of hydrogen-bond acceptors (Lipinski definition) is 1. The van der Waals surface area contributed by atoms with Crippen LogP contribution in [0.15, 0.2) is 0 Å². The predicted octanol–water partition coefficient (Wildman–Crippen LogP) is 2.57. The standard InChI is InChI=1S/C12H26O.Al.3H/c1-5-9-10-11(6-2)12(13,7-3)8-4;;;;/h11,13H,5-10H2,1-4H3;;;;. The molecule has 2 heteroatoms. The lowest BCUT2D eigenvalue weighted by atomic mass is 9.78. The van der Waals surface area contributed by atoms with Gasteiger partial charge in [-0.3, -0.25) is 0 Å². The number of aliphatic hydroxyl groups is 1. The highest BCUT2D eigenvalue weighted by Crippen LogP contribution is 2.31. The van der Waals surface area contributed by atoms with Crippen LogP contribution in [0, 0.1) is 5.92 Å². The van der Waals surface area contributed by atoms with E-state index in [-0.39, 0.29) is 17.4 Å². The van der Waals surface area contributed by atoms with Crippen molar-refractivity contribution in [2.24, 2.45) is 5.92 Å². The Bertz CT molecular complexity index is 121. The van der Waals surface area contributed by atoms with E-state index in [1.165, 1.54) is 19.3 Å². The molecule has 14 heavy (non-hydrogen) atoms. The average Bonchev–Trinajstić information content (AvgIpc) is 2.18. The topological polar surface area (TPSA) is 20.2 Å². The van der Waals surface area contributed by atoms with Crippen LogP contribution in [0.5, 0.6) is 0 Å². The van der Waals surface area contributed by atoms with Crippen molar-refractivity contribution in [3.63, 3.8) is 0 Å². The van der Waals surface area contributed by atoms with Crippen molar-refractivity contribution in [2.45, 2.75) is 71.8 Å². The van der Waals surface area contributed by atoms with Crippen LogP contribution >= 0.6 is 0 Å². The lowest BCUT2D eigenvalue weighted by molar-refractivity contribution is -0.0313. The summed E-state index contributed by atoms with van der Waals surface area (Å²) < 4.78 is 0. The van der Waals surface area contributed by atoms with E-state index in [1.807, 2.05) is 0 Å². The minimum absolute atomic E-state index is 0. The van der Waals surface area contributed by atoms with Crippen LogP contribution in [0.4, 0.5) is 0 Å². The Hall–Kier alpha value is 0.492. The van der Waals surface area contributed by atoms with E-state index in [0.717, 1.165) is 19.3 Å².